The summed E-state index contributed by atoms with van der Waals surface area (Å²) < 4.78 is 26.0. The molecule has 2 aliphatic rings. The van der Waals surface area contributed by atoms with E-state index in [1.807, 2.05) is 32.0 Å². The van der Waals surface area contributed by atoms with Gasteiger partial charge in [-0.1, -0.05) is 6.92 Å². The lowest BCUT2D eigenvalue weighted by Crippen LogP contribution is -2.44. The normalized spacial score (nSPS) is 18.8. The van der Waals surface area contributed by atoms with Crippen molar-refractivity contribution in [2.75, 3.05) is 37.0 Å². The number of hydrogen-bond acceptors (Lipinski definition) is 9. The number of rotatable bonds is 5. The Hall–Kier alpha value is -3.57. The van der Waals surface area contributed by atoms with E-state index < -0.39 is 5.95 Å². The number of hydrogen-bond donors (Lipinski definition) is 3. The number of carbonyl (C=O) groups excluding carboxylic acids is 1. The van der Waals surface area contributed by atoms with Gasteiger partial charge in [-0.25, -0.2) is 4.98 Å². The molecule has 1 fully saturated rings. The van der Waals surface area contributed by atoms with Crippen molar-refractivity contribution in [1.29, 1.82) is 0 Å². The molecule has 1 amide bonds. The Balaban J connectivity index is 1.30. The fourth-order valence-electron chi connectivity index (χ4n) is 4.22. The predicted molar refractivity (Wildman–Crippen MR) is 132 cm³/mol. The number of nitrogens with zero attached hydrogens (tertiary/aromatic N) is 3. The average Bonchev–Trinajstić information content (AvgIpc) is 3.12. The summed E-state index contributed by atoms with van der Waals surface area (Å²) in [5, 5.41) is 11.4. The number of pyridine rings is 1. The van der Waals surface area contributed by atoms with E-state index in [0.29, 0.717) is 37.1 Å². The Morgan fingerprint density at radius 2 is 2.09 bits per heavy atom. The van der Waals surface area contributed by atoms with Crippen LogP contribution in [-0.2, 0) is 4.74 Å². The van der Waals surface area contributed by atoms with E-state index in [0.717, 1.165) is 26.7 Å². The number of nitrogens with one attached hydrogen (secondary N) is 3. The van der Waals surface area contributed by atoms with Crippen molar-refractivity contribution in [2.24, 2.45) is 5.41 Å². The number of carbonyl (C=O) groups is 1. The van der Waals surface area contributed by atoms with Crippen molar-refractivity contribution in [3.63, 3.8) is 0 Å². The molecule has 180 valence electrons. The van der Waals surface area contributed by atoms with Gasteiger partial charge in [0.05, 0.1) is 24.4 Å². The zero-order valence-corrected chi connectivity index (χ0v) is 20.0. The van der Waals surface area contributed by atoms with Gasteiger partial charge in [0.25, 0.3) is 5.91 Å². The molecule has 1 aromatic carbocycles. The number of thiophene rings is 1. The third-order valence-corrected chi connectivity index (χ3v) is 7.23. The number of ether oxygens (including phenoxy) is 2. The maximum absolute atomic E-state index is 14.1. The van der Waals surface area contributed by atoms with Crippen LogP contribution < -0.4 is 20.7 Å². The Kier molecular flexibility index (Phi) is 5.19. The molecule has 0 spiro atoms. The van der Waals surface area contributed by atoms with Crippen LogP contribution in [0.4, 0.5) is 21.7 Å². The van der Waals surface area contributed by atoms with Gasteiger partial charge in [0.15, 0.2) is 0 Å². The Labute approximate surface area is 204 Å². The molecule has 2 aliphatic heterocycles. The van der Waals surface area contributed by atoms with Crippen LogP contribution in [0, 0.1) is 11.4 Å². The molecule has 0 saturated carbocycles. The number of aromatic nitrogens is 3. The van der Waals surface area contributed by atoms with Crippen LogP contribution in [0.2, 0.25) is 0 Å². The lowest BCUT2D eigenvalue weighted by molar-refractivity contribution is -0.121. The van der Waals surface area contributed by atoms with Gasteiger partial charge >= 0.3 is 6.01 Å². The predicted octanol–water partition coefficient (Wildman–Crippen LogP) is 4.08. The lowest BCUT2D eigenvalue weighted by atomic mass is 9.90. The second kappa shape index (κ2) is 8.28. The summed E-state index contributed by atoms with van der Waals surface area (Å²) in [6.07, 6.45) is 0. The first-order chi connectivity index (χ1) is 16.9. The first-order valence-electron chi connectivity index (χ1n) is 11.3. The number of benzene rings is 1. The minimum atomic E-state index is -0.699. The molecule has 6 rings (SSSR count). The van der Waals surface area contributed by atoms with E-state index in [1.165, 1.54) is 17.4 Å². The van der Waals surface area contributed by atoms with E-state index in [2.05, 4.69) is 25.9 Å². The molecular formula is C24H23FN6O3S. The standard InChI is InChI=1S/C24H23FN6O3S/c1-12-8-26-20-19-13-3-6-17(28-14(13)4-5-15(19)35-21(20)22(32)27-12)30-18-7-16(25)29-23(31-18)34-11-24(2)9-33-10-24/h3-7,12,26H,8-11H2,1-2H3,(H,27,32)(H,28,29,30,31)/t12-/m0/s1. The van der Waals surface area contributed by atoms with Crippen molar-refractivity contribution < 1.29 is 18.7 Å². The number of fused-ring (bicyclic) bond motifs is 5. The van der Waals surface area contributed by atoms with Crippen LogP contribution in [-0.4, -0.2) is 53.3 Å². The molecule has 1 atom stereocenters. The monoisotopic (exact) mass is 494 g/mol. The van der Waals surface area contributed by atoms with Crippen molar-refractivity contribution in [3.05, 3.63) is 41.2 Å². The molecule has 1 saturated heterocycles. The van der Waals surface area contributed by atoms with Crippen LogP contribution in [0.5, 0.6) is 6.01 Å². The maximum Gasteiger partial charge on any atom is 0.321 e. The summed E-state index contributed by atoms with van der Waals surface area (Å²) in [7, 11) is 0. The summed E-state index contributed by atoms with van der Waals surface area (Å²) in [5.74, 6) is -0.0247. The highest BCUT2D eigenvalue weighted by molar-refractivity contribution is 7.21. The van der Waals surface area contributed by atoms with Gasteiger partial charge in [-0.2, -0.15) is 14.4 Å². The Bertz CT molecular complexity index is 1470. The van der Waals surface area contributed by atoms with E-state index >= 15 is 0 Å². The molecule has 0 bridgehead atoms. The minimum Gasteiger partial charge on any atom is -0.463 e. The van der Waals surface area contributed by atoms with E-state index in [1.54, 1.807) is 6.07 Å². The summed E-state index contributed by atoms with van der Waals surface area (Å²) in [5.41, 5.74) is 1.47. The number of anilines is 3. The zero-order chi connectivity index (χ0) is 24.2. The molecule has 0 radical (unpaired) electrons. The van der Waals surface area contributed by atoms with Crippen LogP contribution in [0.1, 0.15) is 23.5 Å². The highest BCUT2D eigenvalue weighted by Crippen LogP contribution is 2.41. The topological polar surface area (TPSA) is 110 Å². The third kappa shape index (κ3) is 4.10. The van der Waals surface area contributed by atoms with E-state index in [4.69, 9.17) is 14.5 Å². The highest BCUT2D eigenvalue weighted by atomic mass is 32.1. The van der Waals surface area contributed by atoms with Gasteiger partial charge < -0.3 is 25.4 Å². The SMILES string of the molecule is C[C@H]1CNc2c(sc3ccc4nc(Nc5cc(F)nc(OCC6(C)COC6)n5)ccc4c23)C(=O)N1. The van der Waals surface area contributed by atoms with Crippen LogP contribution in [0.15, 0.2) is 30.3 Å². The fraction of sp³-hybridized carbons (Fsp3) is 0.333. The van der Waals surface area contributed by atoms with Gasteiger partial charge in [0.1, 0.15) is 23.1 Å². The van der Waals surface area contributed by atoms with Gasteiger partial charge in [-0.15, -0.1) is 11.3 Å². The van der Waals surface area contributed by atoms with Crippen LogP contribution in [0.25, 0.3) is 21.0 Å². The largest absolute Gasteiger partial charge is 0.463 e. The summed E-state index contributed by atoms with van der Waals surface area (Å²) >= 11 is 1.46. The van der Waals surface area contributed by atoms with Crippen LogP contribution in [0.3, 0.4) is 0 Å². The molecular weight excluding hydrogens is 471 g/mol. The van der Waals surface area contributed by atoms with Gasteiger partial charge in [-0.3, -0.25) is 4.79 Å². The molecule has 9 nitrogen and oxygen atoms in total. The second-order valence-electron chi connectivity index (χ2n) is 9.34. The molecule has 35 heavy (non-hydrogen) atoms. The van der Waals surface area contributed by atoms with Crippen molar-refractivity contribution in [3.8, 4) is 6.01 Å². The van der Waals surface area contributed by atoms with Crippen molar-refractivity contribution >= 4 is 55.6 Å². The van der Waals surface area contributed by atoms with Gasteiger partial charge in [0.2, 0.25) is 5.95 Å². The first-order valence-corrected chi connectivity index (χ1v) is 12.1. The molecule has 0 unspecified atom stereocenters. The fourth-order valence-corrected chi connectivity index (χ4v) is 5.32. The number of halogens is 1. The maximum atomic E-state index is 14.1. The average molecular weight is 495 g/mol. The summed E-state index contributed by atoms with van der Waals surface area (Å²) in [6.45, 7) is 6.16. The molecule has 3 aromatic heterocycles. The summed E-state index contributed by atoms with van der Waals surface area (Å²) in [6, 6.07) is 8.82. The lowest BCUT2D eigenvalue weighted by Gasteiger charge is -2.37. The quantitative estimate of drug-likeness (QED) is 0.356. The number of amides is 1. The Morgan fingerprint density at radius 1 is 1.23 bits per heavy atom. The molecule has 5 heterocycles. The molecule has 0 aliphatic carbocycles. The smallest absolute Gasteiger partial charge is 0.321 e. The van der Waals surface area contributed by atoms with Crippen molar-refractivity contribution in [1.82, 2.24) is 20.3 Å². The molecule has 11 heteroatoms. The second-order valence-corrected chi connectivity index (χ2v) is 10.4. The third-order valence-electron chi connectivity index (χ3n) is 6.07. The van der Waals surface area contributed by atoms with E-state index in [9.17, 15) is 9.18 Å². The first kappa shape index (κ1) is 21.9. The van der Waals surface area contributed by atoms with E-state index in [-0.39, 0.29) is 29.2 Å². The molecule has 3 N–H and O–H groups in total. The van der Waals surface area contributed by atoms with Crippen LogP contribution >= 0.6 is 11.3 Å². The Morgan fingerprint density at radius 3 is 2.89 bits per heavy atom. The zero-order valence-electron chi connectivity index (χ0n) is 19.1. The van der Waals surface area contributed by atoms with Crippen molar-refractivity contribution in [2.45, 2.75) is 19.9 Å². The van der Waals surface area contributed by atoms with Gasteiger partial charge in [0, 0.05) is 39.5 Å². The minimum absolute atomic E-state index is 0.0353. The summed E-state index contributed by atoms with van der Waals surface area (Å²) in [4.78, 5) is 26.0. The highest BCUT2D eigenvalue weighted by Gasteiger charge is 2.34. The van der Waals surface area contributed by atoms with Gasteiger partial charge in [-0.05, 0) is 31.2 Å². The molecule has 4 aromatic rings.